The van der Waals surface area contributed by atoms with Crippen LogP contribution in [0, 0.1) is 0 Å². The second-order valence-corrected chi connectivity index (χ2v) is 4.24. The highest BCUT2D eigenvalue weighted by molar-refractivity contribution is 5.83. The number of amides is 1. The molecule has 1 N–H and O–H groups in total. The molecular formula is C13H15NO4. The predicted molar refractivity (Wildman–Crippen MR) is 64.0 cm³/mol. The molecule has 0 spiro atoms. The smallest absolute Gasteiger partial charge is 0.410 e. The average molecular weight is 249 g/mol. The Kier molecular flexibility index (Phi) is 3.82. The Hall–Kier alpha value is -2.04. The molecule has 1 aliphatic rings. The van der Waals surface area contributed by atoms with E-state index in [1.165, 1.54) is 5.56 Å². The zero-order valence-electron chi connectivity index (χ0n) is 9.91. The summed E-state index contributed by atoms with van der Waals surface area (Å²) in [6.07, 6.45) is 0.983. The van der Waals surface area contributed by atoms with E-state index in [1.807, 2.05) is 30.3 Å². The molecule has 18 heavy (non-hydrogen) atoms. The van der Waals surface area contributed by atoms with Gasteiger partial charge >= 0.3 is 12.1 Å². The Bertz CT molecular complexity index is 432. The van der Waals surface area contributed by atoms with E-state index in [-0.39, 0.29) is 6.73 Å². The molecule has 96 valence electrons. The zero-order valence-corrected chi connectivity index (χ0v) is 9.91. The molecule has 1 heterocycles. The standard InChI is InChI=1S/C13H15NO4/c15-12-11(14(9-18-12)13(16)17)8-4-7-10-5-2-1-3-6-10/h1-3,5-6,11H,4,7-9H2,(H,16,17)/t11-/m0/s1. The van der Waals surface area contributed by atoms with Gasteiger partial charge in [0, 0.05) is 0 Å². The van der Waals surface area contributed by atoms with E-state index < -0.39 is 18.1 Å². The highest BCUT2D eigenvalue weighted by Gasteiger charge is 2.37. The number of rotatable bonds is 4. The largest absolute Gasteiger partial charge is 0.465 e. The van der Waals surface area contributed by atoms with Crippen LogP contribution in [0.4, 0.5) is 4.79 Å². The fourth-order valence-corrected chi connectivity index (χ4v) is 2.05. The van der Waals surface area contributed by atoms with Crippen molar-refractivity contribution in [1.29, 1.82) is 0 Å². The minimum Gasteiger partial charge on any atom is -0.465 e. The van der Waals surface area contributed by atoms with Crippen molar-refractivity contribution in [1.82, 2.24) is 4.90 Å². The summed E-state index contributed by atoms with van der Waals surface area (Å²) in [5.74, 6) is -0.439. The number of nitrogens with zero attached hydrogens (tertiary/aromatic N) is 1. The van der Waals surface area contributed by atoms with E-state index in [2.05, 4.69) is 0 Å². The van der Waals surface area contributed by atoms with E-state index in [1.54, 1.807) is 0 Å². The number of ether oxygens (including phenoxy) is 1. The molecule has 1 aromatic carbocycles. The van der Waals surface area contributed by atoms with Gasteiger partial charge in [0.05, 0.1) is 0 Å². The summed E-state index contributed by atoms with van der Waals surface area (Å²) in [5, 5.41) is 8.91. The highest BCUT2D eigenvalue weighted by Crippen LogP contribution is 2.17. The second kappa shape index (κ2) is 5.53. The lowest BCUT2D eigenvalue weighted by Gasteiger charge is -2.16. The van der Waals surface area contributed by atoms with E-state index in [9.17, 15) is 9.59 Å². The number of carbonyl (C=O) groups is 2. The van der Waals surface area contributed by atoms with Crippen molar-refractivity contribution in [2.45, 2.75) is 25.3 Å². The molecule has 5 heteroatoms. The topological polar surface area (TPSA) is 66.8 Å². The third kappa shape index (κ3) is 2.80. The van der Waals surface area contributed by atoms with E-state index in [4.69, 9.17) is 9.84 Å². The van der Waals surface area contributed by atoms with Crippen molar-refractivity contribution < 1.29 is 19.4 Å². The molecule has 1 amide bonds. The number of cyclic esters (lactones) is 1. The fraction of sp³-hybridized carbons (Fsp3) is 0.385. The summed E-state index contributed by atoms with van der Waals surface area (Å²) >= 11 is 0. The molecule has 5 nitrogen and oxygen atoms in total. The molecule has 0 bridgehead atoms. The van der Waals surface area contributed by atoms with Crippen LogP contribution in [0.1, 0.15) is 18.4 Å². The van der Waals surface area contributed by atoms with Crippen LogP contribution in [0.2, 0.25) is 0 Å². The van der Waals surface area contributed by atoms with Crippen LogP contribution in [0.15, 0.2) is 30.3 Å². The summed E-state index contributed by atoms with van der Waals surface area (Å²) < 4.78 is 4.75. The lowest BCUT2D eigenvalue weighted by Crippen LogP contribution is -2.37. The first-order chi connectivity index (χ1) is 8.68. The lowest BCUT2D eigenvalue weighted by molar-refractivity contribution is -0.139. The van der Waals surface area contributed by atoms with Gasteiger partial charge in [0.15, 0.2) is 6.73 Å². The summed E-state index contributed by atoms with van der Waals surface area (Å²) in [6.45, 7) is -0.149. The van der Waals surface area contributed by atoms with E-state index >= 15 is 0 Å². The SMILES string of the molecule is O=C1OCN(C(=O)O)[C@H]1CCCc1ccccc1. The van der Waals surface area contributed by atoms with Gasteiger partial charge in [0.25, 0.3) is 0 Å². The predicted octanol–water partition coefficient (Wildman–Crippen LogP) is 1.87. The molecule has 1 aliphatic heterocycles. The normalized spacial score (nSPS) is 18.8. The molecule has 1 atom stereocenters. The van der Waals surface area contributed by atoms with Gasteiger partial charge in [-0.05, 0) is 24.8 Å². The fourth-order valence-electron chi connectivity index (χ4n) is 2.05. The number of hydrogen-bond donors (Lipinski definition) is 1. The molecule has 1 aromatic rings. The number of esters is 1. The van der Waals surface area contributed by atoms with Gasteiger partial charge < -0.3 is 9.84 Å². The monoisotopic (exact) mass is 249 g/mol. The summed E-state index contributed by atoms with van der Waals surface area (Å²) in [7, 11) is 0. The van der Waals surface area contributed by atoms with Crippen LogP contribution in [0.5, 0.6) is 0 Å². The number of hydrogen-bond acceptors (Lipinski definition) is 3. The van der Waals surface area contributed by atoms with Crippen molar-refractivity contribution in [3.8, 4) is 0 Å². The van der Waals surface area contributed by atoms with Crippen LogP contribution < -0.4 is 0 Å². The zero-order chi connectivity index (χ0) is 13.0. The summed E-state index contributed by atoms with van der Waals surface area (Å²) in [6, 6.07) is 9.26. The number of carboxylic acid groups (broad SMARTS) is 1. The molecule has 0 unspecified atom stereocenters. The maximum absolute atomic E-state index is 11.4. The second-order valence-electron chi connectivity index (χ2n) is 4.24. The van der Waals surface area contributed by atoms with Crippen molar-refractivity contribution >= 4 is 12.1 Å². The number of benzene rings is 1. The molecule has 0 saturated carbocycles. The summed E-state index contributed by atoms with van der Waals surface area (Å²) in [4.78, 5) is 23.3. The van der Waals surface area contributed by atoms with Gasteiger partial charge in [0.2, 0.25) is 0 Å². The Morgan fingerprint density at radius 3 is 2.78 bits per heavy atom. The molecule has 0 radical (unpaired) electrons. The Morgan fingerprint density at radius 1 is 1.39 bits per heavy atom. The Labute approximate surface area is 105 Å². The van der Waals surface area contributed by atoms with Crippen LogP contribution in [0.3, 0.4) is 0 Å². The third-order valence-electron chi connectivity index (χ3n) is 3.03. The van der Waals surface area contributed by atoms with E-state index in [0.717, 1.165) is 17.7 Å². The molecule has 0 aromatic heterocycles. The van der Waals surface area contributed by atoms with Crippen LogP contribution in [-0.2, 0) is 16.0 Å². The summed E-state index contributed by atoms with van der Waals surface area (Å²) in [5.41, 5.74) is 1.19. The van der Waals surface area contributed by atoms with Crippen molar-refractivity contribution in [3.63, 3.8) is 0 Å². The van der Waals surface area contributed by atoms with Crippen molar-refractivity contribution in [2.75, 3.05) is 6.73 Å². The van der Waals surface area contributed by atoms with Crippen LogP contribution in [0.25, 0.3) is 0 Å². The number of carbonyl (C=O) groups excluding carboxylic acids is 1. The molecular weight excluding hydrogens is 234 g/mol. The lowest BCUT2D eigenvalue weighted by atomic mass is 10.0. The van der Waals surface area contributed by atoms with Gasteiger partial charge in [-0.1, -0.05) is 30.3 Å². The quantitative estimate of drug-likeness (QED) is 0.827. The first kappa shape index (κ1) is 12.4. The molecule has 1 fully saturated rings. The molecule has 1 saturated heterocycles. The average Bonchev–Trinajstić information content (AvgIpc) is 2.73. The highest BCUT2D eigenvalue weighted by atomic mass is 16.6. The maximum atomic E-state index is 11.4. The van der Waals surface area contributed by atoms with Gasteiger partial charge in [-0.2, -0.15) is 0 Å². The Morgan fingerprint density at radius 2 is 2.11 bits per heavy atom. The van der Waals surface area contributed by atoms with Crippen LogP contribution >= 0.6 is 0 Å². The van der Waals surface area contributed by atoms with E-state index in [0.29, 0.717) is 6.42 Å². The van der Waals surface area contributed by atoms with Crippen molar-refractivity contribution in [2.24, 2.45) is 0 Å². The van der Waals surface area contributed by atoms with Gasteiger partial charge in [0.1, 0.15) is 6.04 Å². The third-order valence-corrected chi connectivity index (χ3v) is 3.03. The van der Waals surface area contributed by atoms with Crippen molar-refractivity contribution in [3.05, 3.63) is 35.9 Å². The molecule has 2 rings (SSSR count). The maximum Gasteiger partial charge on any atom is 0.410 e. The van der Waals surface area contributed by atoms with Crippen LogP contribution in [-0.4, -0.2) is 34.8 Å². The molecule has 0 aliphatic carbocycles. The van der Waals surface area contributed by atoms with Gasteiger partial charge in [-0.25, -0.2) is 9.59 Å². The first-order valence-corrected chi connectivity index (χ1v) is 5.88. The van der Waals surface area contributed by atoms with Gasteiger partial charge in [-0.3, -0.25) is 4.90 Å². The Balaban J connectivity index is 1.85. The first-order valence-electron chi connectivity index (χ1n) is 5.88. The number of aryl methyl sites for hydroxylation is 1. The minimum absolute atomic E-state index is 0.149. The van der Waals surface area contributed by atoms with Gasteiger partial charge in [-0.15, -0.1) is 0 Å². The minimum atomic E-state index is -1.11.